The molecule has 2 rings (SSSR count). The van der Waals surface area contributed by atoms with Gasteiger partial charge in [0.15, 0.2) is 11.5 Å². The fraction of sp³-hybridized carbons (Fsp3) is 0.333. The summed E-state index contributed by atoms with van der Waals surface area (Å²) in [6.45, 7) is 3.28. The second-order valence-electron chi connectivity index (χ2n) is 5.98. The van der Waals surface area contributed by atoms with Crippen LogP contribution < -0.4 is 10.6 Å². The third-order valence-corrected chi connectivity index (χ3v) is 3.53. The normalized spacial score (nSPS) is 10.6. The van der Waals surface area contributed by atoms with Crippen LogP contribution in [0.4, 0.5) is 11.5 Å². The van der Waals surface area contributed by atoms with E-state index in [2.05, 4.69) is 25.7 Å². The Morgan fingerprint density at radius 2 is 1.76 bits per heavy atom. The maximum Gasteiger partial charge on any atom is 0.276 e. The molecule has 7 nitrogen and oxygen atoms in total. The van der Waals surface area contributed by atoms with Gasteiger partial charge in [-0.05, 0) is 70.4 Å². The van der Waals surface area contributed by atoms with E-state index in [1.807, 2.05) is 14.1 Å². The molecule has 2 N–H and O–H groups in total. The van der Waals surface area contributed by atoms with Gasteiger partial charge >= 0.3 is 0 Å². The van der Waals surface area contributed by atoms with E-state index < -0.39 is 0 Å². The highest BCUT2D eigenvalue weighted by atomic mass is 16.2. The van der Waals surface area contributed by atoms with Crippen LogP contribution in [0.25, 0.3) is 0 Å². The Hall–Kier alpha value is -2.80. The van der Waals surface area contributed by atoms with Gasteiger partial charge in [-0.3, -0.25) is 9.59 Å². The molecule has 0 aliphatic heterocycles. The van der Waals surface area contributed by atoms with Crippen LogP contribution in [0, 0.1) is 0 Å². The average molecular weight is 341 g/mol. The minimum absolute atomic E-state index is 0.0163. The number of carbonyl (C=O) groups excluding carboxylic acids is 2. The summed E-state index contributed by atoms with van der Waals surface area (Å²) in [6, 6.07) is 10.1. The molecule has 0 spiro atoms. The van der Waals surface area contributed by atoms with Crippen molar-refractivity contribution in [2.24, 2.45) is 0 Å². The maximum atomic E-state index is 12.2. The second kappa shape index (κ2) is 8.89. The lowest BCUT2D eigenvalue weighted by Crippen LogP contribution is -2.17. The van der Waals surface area contributed by atoms with Gasteiger partial charge in [0.2, 0.25) is 0 Å². The molecule has 2 aromatic rings. The number of rotatable bonds is 8. The lowest BCUT2D eigenvalue weighted by atomic mass is 10.1. The van der Waals surface area contributed by atoms with E-state index in [1.165, 1.54) is 6.92 Å². The van der Waals surface area contributed by atoms with Crippen molar-refractivity contribution in [1.82, 2.24) is 15.1 Å². The highest BCUT2D eigenvalue weighted by Crippen LogP contribution is 2.11. The summed E-state index contributed by atoms with van der Waals surface area (Å²) in [5, 5.41) is 13.9. The van der Waals surface area contributed by atoms with Crippen molar-refractivity contribution in [2.75, 3.05) is 37.8 Å². The van der Waals surface area contributed by atoms with Crippen molar-refractivity contribution in [1.29, 1.82) is 0 Å². The van der Waals surface area contributed by atoms with Crippen LogP contribution in [0.2, 0.25) is 0 Å². The Labute approximate surface area is 147 Å². The molecular weight excluding hydrogens is 318 g/mol. The van der Waals surface area contributed by atoms with Gasteiger partial charge in [-0.1, -0.05) is 0 Å². The van der Waals surface area contributed by atoms with Crippen LogP contribution in [-0.4, -0.2) is 54.0 Å². The molecule has 7 heteroatoms. The van der Waals surface area contributed by atoms with Crippen LogP contribution in [-0.2, 0) is 0 Å². The molecule has 0 unspecified atom stereocenters. The highest BCUT2D eigenvalue weighted by Gasteiger charge is 2.09. The van der Waals surface area contributed by atoms with Gasteiger partial charge in [0.1, 0.15) is 5.82 Å². The highest BCUT2D eigenvalue weighted by molar-refractivity contribution is 6.03. The largest absolute Gasteiger partial charge is 0.369 e. The molecule has 0 aliphatic carbocycles. The lowest BCUT2D eigenvalue weighted by Gasteiger charge is -2.10. The monoisotopic (exact) mass is 341 g/mol. The number of anilines is 2. The van der Waals surface area contributed by atoms with E-state index in [4.69, 9.17) is 0 Å². The molecule has 0 radical (unpaired) electrons. The smallest absolute Gasteiger partial charge is 0.276 e. The number of amides is 1. The van der Waals surface area contributed by atoms with Crippen LogP contribution in [0.1, 0.15) is 34.2 Å². The van der Waals surface area contributed by atoms with Crippen molar-refractivity contribution in [2.45, 2.75) is 13.3 Å². The zero-order valence-corrected chi connectivity index (χ0v) is 14.7. The second-order valence-corrected chi connectivity index (χ2v) is 5.98. The van der Waals surface area contributed by atoms with Gasteiger partial charge in [-0.15, -0.1) is 10.2 Å². The van der Waals surface area contributed by atoms with Crippen LogP contribution >= 0.6 is 0 Å². The SMILES string of the molecule is CC(=O)c1ccc(NC(=O)c2ccc(NCCCN(C)C)nn2)cc1. The van der Waals surface area contributed by atoms with Gasteiger partial charge in [0, 0.05) is 17.8 Å². The predicted octanol–water partition coefficient (Wildman–Crippen LogP) is 2.30. The molecule has 0 aliphatic rings. The van der Waals surface area contributed by atoms with Crippen LogP contribution in [0.3, 0.4) is 0 Å². The summed E-state index contributed by atoms with van der Waals surface area (Å²) >= 11 is 0. The third-order valence-electron chi connectivity index (χ3n) is 3.53. The standard InChI is InChI=1S/C18H23N5O2/c1-13(24)14-5-7-15(8-6-14)20-18(25)16-9-10-17(22-21-16)19-11-4-12-23(2)3/h5-10H,4,11-12H2,1-3H3,(H,19,22)(H,20,25). The molecule has 0 saturated carbocycles. The molecule has 1 amide bonds. The Morgan fingerprint density at radius 3 is 2.32 bits per heavy atom. The molecule has 1 aromatic heterocycles. The number of carbonyl (C=O) groups is 2. The van der Waals surface area contributed by atoms with Crippen molar-refractivity contribution >= 4 is 23.2 Å². The number of hydrogen-bond donors (Lipinski definition) is 2. The molecule has 1 aromatic carbocycles. The Kier molecular flexibility index (Phi) is 6.59. The fourth-order valence-electron chi connectivity index (χ4n) is 2.14. The number of aromatic nitrogens is 2. The first kappa shape index (κ1) is 18.5. The van der Waals surface area contributed by atoms with Gasteiger partial charge < -0.3 is 15.5 Å². The first-order valence-corrected chi connectivity index (χ1v) is 8.10. The number of hydrogen-bond acceptors (Lipinski definition) is 6. The summed E-state index contributed by atoms with van der Waals surface area (Å²) in [4.78, 5) is 25.5. The van der Waals surface area contributed by atoms with Crippen molar-refractivity contribution in [3.63, 3.8) is 0 Å². The summed E-state index contributed by atoms with van der Waals surface area (Å²) < 4.78 is 0. The average Bonchev–Trinajstić information content (AvgIpc) is 2.59. The number of nitrogens with zero attached hydrogens (tertiary/aromatic N) is 3. The fourth-order valence-corrected chi connectivity index (χ4v) is 2.14. The van der Waals surface area contributed by atoms with E-state index in [0.29, 0.717) is 17.1 Å². The van der Waals surface area contributed by atoms with Gasteiger partial charge in [0.25, 0.3) is 5.91 Å². The van der Waals surface area contributed by atoms with Crippen LogP contribution in [0.15, 0.2) is 36.4 Å². The van der Waals surface area contributed by atoms with Crippen molar-refractivity contribution in [3.8, 4) is 0 Å². The molecule has 1 heterocycles. The number of ketones is 1. The van der Waals surface area contributed by atoms with E-state index in [-0.39, 0.29) is 17.4 Å². The summed E-state index contributed by atoms with van der Waals surface area (Å²) in [6.07, 6.45) is 0.993. The topological polar surface area (TPSA) is 87.2 Å². The number of Topliss-reactive ketones (excluding diaryl/α,β-unsaturated/α-hetero) is 1. The predicted molar refractivity (Wildman–Crippen MR) is 98.1 cm³/mol. The summed E-state index contributed by atoms with van der Waals surface area (Å²) in [5.74, 6) is 0.278. The van der Waals surface area contributed by atoms with E-state index in [9.17, 15) is 9.59 Å². The first-order chi connectivity index (χ1) is 12.0. The van der Waals surface area contributed by atoms with Crippen molar-refractivity contribution < 1.29 is 9.59 Å². The molecule has 0 saturated heterocycles. The van der Waals surface area contributed by atoms with E-state index >= 15 is 0 Å². The Balaban J connectivity index is 1.88. The van der Waals surface area contributed by atoms with Gasteiger partial charge in [0.05, 0.1) is 0 Å². The molecular formula is C18H23N5O2. The molecule has 0 atom stereocenters. The first-order valence-electron chi connectivity index (χ1n) is 8.10. The Morgan fingerprint density at radius 1 is 1.04 bits per heavy atom. The van der Waals surface area contributed by atoms with E-state index in [1.54, 1.807) is 36.4 Å². The molecule has 0 fully saturated rings. The molecule has 25 heavy (non-hydrogen) atoms. The number of nitrogens with one attached hydrogen (secondary N) is 2. The maximum absolute atomic E-state index is 12.2. The van der Waals surface area contributed by atoms with Gasteiger partial charge in [-0.25, -0.2) is 0 Å². The van der Waals surface area contributed by atoms with Gasteiger partial charge in [-0.2, -0.15) is 0 Å². The van der Waals surface area contributed by atoms with Crippen LogP contribution in [0.5, 0.6) is 0 Å². The summed E-state index contributed by atoms with van der Waals surface area (Å²) in [5.41, 5.74) is 1.43. The van der Waals surface area contributed by atoms with Crippen molar-refractivity contribution in [3.05, 3.63) is 47.7 Å². The molecule has 0 bridgehead atoms. The van der Waals surface area contributed by atoms with E-state index in [0.717, 1.165) is 19.5 Å². The lowest BCUT2D eigenvalue weighted by molar-refractivity contribution is 0.101. The minimum atomic E-state index is -0.345. The Bertz CT molecular complexity index is 711. The zero-order valence-electron chi connectivity index (χ0n) is 14.7. The quantitative estimate of drug-likeness (QED) is 0.566. The number of benzene rings is 1. The third kappa shape index (κ3) is 5.96. The summed E-state index contributed by atoms with van der Waals surface area (Å²) in [7, 11) is 4.06. The minimum Gasteiger partial charge on any atom is -0.369 e. The molecule has 132 valence electrons. The zero-order chi connectivity index (χ0) is 18.2.